The Hall–Kier alpha value is -1.19. The normalized spacial score (nSPS) is 16.8. The molecule has 1 aromatic rings. The Bertz CT molecular complexity index is 438. The van der Waals surface area contributed by atoms with Crippen molar-refractivity contribution < 1.29 is 0 Å². The molecular formula is C13H23N3O. The molecule has 1 aliphatic rings. The van der Waals surface area contributed by atoms with Gasteiger partial charge in [0.1, 0.15) is 5.69 Å². The zero-order valence-electron chi connectivity index (χ0n) is 10.9. The number of nitrogens with zero attached hydrogens (tertiary/aromatic N) is 2. The minimum atomic E-state index is 0.00981. The van der Waals surface area contributed by atoms with Gasteiger partial charge in [-0.15, -0.1) is 0 Å². The second kappa shape index (κ2) is 4.98. The Morgan fingerprint density at radius 1 is 1.24 bits per heavy atom. The molecule has 0 spiro atoms. The van der Waals surface area contributed by atoms with E-state index in [4.69, 9.17) is 5.73 Å². The number of anilines is 1. The number of nitrogens with two attached hydrogens (primary N) is 1. The highest BCUT2D eigenvalue weighted by Gasteiger charge is 2.26. The van der Waals surface area contributed by atoms with Crippen LogP contribution in [0.4, 0.5) is 5.69 Å². The molecule has 4 nitrogen and oxygen atoms in total. The van der Waals surface area contributed by atoms with Crippen LogP contribution in [0.15, 0.2) is 4.79 Å². The van der Waals surface area contributed by atoms with Gasteiger partial charge in [-0.05, 0) is 26.2 Å². The molecule has 0 aliphatic heterocycles. The number of hydrogen-bond donors (Lipinski definition) is 1. The Morgan fingerprint density at radius 3 is 2.41 bits per heavy atom. The maximum absolute atomic E-state index is 12.1. The Labute approximate surface area is 102 Å². The molecule has 0 unspecified atom stereocenters. The van der Waals surface area contributed by atoms with E-state index in [1.54, 1.807) is 0 Å². The minimum absolute atomic E-state index is 0.00981. The Kier molecular flexibility index (Phi) is 3.60. The molecule has 0 aromatic carbocycles. The van der Waals surface area contributed by atoms with Crippen molar-refractivity contribution in [2.75, 3.05) is 5.73 Å². The summed E-state index contributed by atoms with van der Waals surface area (Å²) >= 11 is 0. The van der Waals surface area contributed by atoms with Crippen LogP contribution in [0.5, 0.6) is 0 Å². The van der Waals surface area contributed by atoms with Crippen molar-refractivity contribution in [3.05, 3.63) is 16.0 Å². The van der Waals surface area contributed by atoms with Crippen LogP contribution < -0.4 is 11.3 Å². The molecule has 1 saturated carbocycles. The van der Waals surface area contributed by atoms with Crippen molar-refractivity contribution in [3.8, 4) is 0 Å². The maximum Gasteiger partial charge on any atom is 0.290 e. The van der Waals surface area contributed by atoms with Crippen LogP contribution in [-0.4, -0.2) is 9.36 Å². The first-order valence-corrected chi connectivity index (χ1v) is 6.79. The molecule has 17 heavy (non-hydrogen) atoms. The van der Waals surface area contributed by atoms with Gasteiger partial charge in [-0.25, -0.2) is 4.68 Å². The van der Waals surface area contributed by atoms with Crippen molar-refractivity contribution in [2.45, 2.75) is 65.0 Å². The first-order valence-electron chi connectivity index (χ1n) is 6.79. The second-order valence-electron chi connectivity index (χ2n) is 4.92. The van der Waals surface area contributed by atoms with Crippen molar-refractivity contribution in [2.24, 2.45) is 0 Å². The van der Waals surface area contributed by atoms with Crippen molar-refractivity contribution in [3.63, 3.8) is 0 Å². The summed E-state index contributed by atoms with van der Waals surface area (Å²) in [4.78, 5) is 12.1. The fraction of sp³-hybridized carbons (Fsp3) is 0.769. The summed E-state index contributed by atoms with van der Waals surface area (Å²) in [5.74, 6) is 0.501. The first kappa shape index (κ1) is 12.3. The largest absolute Gasteiger partial charge is 0.393 e. The van der Waals surface area contributed by atoms with E-state index in [2.05, 4.69) is 18.5 Å². The van der Waals surface area contributed by atoms with Gasteiger partial charge in [0.15, 0.2) is 0 Å². The molecule has 0 amide bonds. The predicted molar refractivity (Wildman–Crippen MR) is 70.3 cm³/mol. The lowest BCUT2D eigenvalue weighted by atomic mass is 10.0. The van der Waals surface area contributed by atoms with Gasteiger partial charge in [0.05, 0.1) is 5.69 Å². The Morgan fingerprint density at radius 2 is 1.88 bits per heavy atom. The molecule has 1 fully saturated rings. The molecule has 2 N–H and O–H groups in total. The van der Waals surface area contributed by atoms with Crippen LogP contribution >= 0.6 is 0 Å². The zero-order chi connectivity index (χ0) is 12.4. The fourth-order valence-electron chi connectivity index (χ4n) is 3.03. The van der Waals surface area contributed by atoms with E-state index in [9.17, 15) is 4.79 Å². The number of aromatic nitrogens is 2. The van der Waals surface area contributed by atoms with Gasteiger partial charge in [-0.1, -0.05) is 19.8 Å². The van der Waals surface area contributed by atoms with Crippen molar-refractivity contribution in [1.29, 1.82) is 0 Å². The van der Waals surface area contributed by atoms with Gasteiger partial charge < -0.3 is 5.73 Å². The summed E-state index contributed by atoms with van der Waals surface area (Å²) in [6, 6.07) is 0. The minimum Gasteiger partial charge on any atom is -0.393 e. The van der Waals surface area contributed by atoms with E-state index in [1.165, 1.54) is 25.7 Å². The first-order chi connectivity index (χ1) is 8.20. The lowest BCUT2D eigenvalue weighted by molar-refractivity contribution is 0.429. The monoisotopic (exact) mass is 237 g/mol. The van der Waals surface area contributed by atoms with Crippen LogP contribution in [0.25, 0.3) is 0 Å². The molecule has 96 valence electrons. The van der Waals surface area contributed by atoms with Crippen molar-refractivity contribution in [1.82, 2.24) is 9.36 Å². The van der Waals surface area contributed by atoms with E-state index >= 15 is 0 Å². The summed E-state index contributed by atoms with van der Waals surface area (Å²) in [5.41, 5.74) is 7.64. The van der Waals surface area contributed by atoms with Gasteiger partial charge >= 0.3 is 0 Å². The molecule has 2 rings (SSSR count). The molecule has 0 saturated heterocycles. The van der Waals surface area contributed by atoms with Crippen molar-refractivity contribution >= 4 is 5.69 Å². The summed E-state index contributed by atoms with van der Waals surface area (Å²) in [7, 11) is 0. The Balaban J connectivity index is 2.49. The molecule has 1 heterocycles. The van der Waals surface area contributed by atoms with Gasteiger partial charge in [0.25, 0.3) is 5.56 Å². The number of hydrogen-bond acceptors (Lipinski definition) is 2. The van der Waals surface area contributed by atoms with Gasteiger partial charge in [-0.2, -0.15) is 0 Å². The SMILES string of the molecule is CCCn1c(=O)c(N)c(C2CCCC2)n1CC. The molecular weight excluding hydrogens is 214 g/mol. The highest BCUT2D eigenvalue weighted by Crippen LogP contribution is 2.36. The smallest absolute Gasteiger partial charge is 0.290 e. The molecule has 0 atom stereocenters. The second-order valence-corrected chi connectivity index (χ2v) is 4.92. The molecule has 0 bridgehead atoms. The number of nitrogen functional groups attached to an aromatic ring is 1. The summed E-state index contributed by atoms with van der Waals surface area (Å²) in [6.45, 7) is 5.77. The van der Waals surface area contributed by atoms with E-state index in [0.29, 0.717) is 11.6 Å². The van der Waals surface area contributed by atoms with Crippen LogP contribution in [0.3, 0.4) is 0 Å². The summed E-state index contributed by atoms with van der Waals surface area (Å²) < 4.78 is 3.93. The molecule has 4 heteroatoms. The molecule has 1 aromatic heterocycles. The highest BCUT2D eigenvalue weighted by molar-refractivity contribution is 5.44. The van der Waals surface area contributed by atoms with E-state index in [-0.39, 0.29) is 5.56 Å². The quantitative estimate of drug-likeness (QED) is 0.873. The predicted octanol–water partition coefficient (Wildman–Crippen LogP) is 2.32. The van der Waals surface area contributed by atoms with E-state index in [0.717, 1.165) is 25.2 Å². The third kappa shape index (κ3) is 2.01. The van der Waals surface area contributed by atoms with Gasteiger partial charge in [0.2, 0.25) is 0 Å². The topological polar surface area (TPSA) is 52.9 Å². The average Bonchev–Trinajstić information content (AvgIpc) is 2.91. The zero-order valence-corrected chi connectivity index (χ0v) is 10.9. The summed E-state index contributed by atoms with van der Waals surface area (Å²) in [6.07, 6.45) is 5.86. The highest BCUT2D eigenvalue weighted by atomic mass is 16.1. The van der Waals surface area contributed by atoms with Crippen LogP contribution in [0.2, 0.25) is 0 Å². The van der Waals surface area contributed by atoms with Crippen LogP contribution in [0.1, 0.15) is 57.6 Å². The van der Waals surface area contributed by atoms with E-state index < -0.39 is 0 Å². The average molecular weight is 237 g/mol. The third-order valence-corrected chi connectivity index (χ3v) is 3.79. The van der Waals surface area contributed by atoms with Crippen LogP contribution in [0, 0.1) is 0 Å². The fourth-order valence-corrected chi connectivity index (χ4v) is 3.03. The standard InChI is InChI=1S/C13H23N3O/c1-3-9-16-13(17)11(14)12(15(16)4-2)10-7-5-6-8-10/h10H,3-9,14H2,1-2H3. The van der Waals surface area contributed by atoms with Crippen LogP contribution in [-0.2, 0) is 13.1 Å². The number of rotatable bonds is 4. The third-order valence-electron chi connectivity index (χ3n) is 3.79. The maximum atomic E-state index is 12.1. The van der Waals surface area contributed by atoms with Gasteiger partial charge in [0, 0.05) is 19.0 Å². The van der Waals surface area contributed by atoms with E-state index in [1.807, 2.05) is 4.68 Å². The lowest BCUT2D eigenvalue weighted by Gasteiger charge is -2.16. The van der Waals surface area contributed by atoms with Gasteiger partial charge in [-0.3, -0.25) is 9.48 Å². The molecule has 1 aliphatic carbocycles. The molecule has 0 radical (unpaired) electrons. The lowest BCUT2D eigenvalue weighted by Crippen LogP contribution is -2.23. The summed E-state index contributed by atoms with van der Waals surface area (Å²) in [5, 5.41) is 0.